The van der Waals surface area contributed by atoms with Crippen LogP contribution in [0.2, 0.25) is 0 Å². The van der Waals surface area contributed by atoms with Crippen molar-refractivity contribution < 1.29 is 4.79 Å². The van der Waals surface area contributed by atoms with Gasteiger partial charge in [-0.25, -0.2) is 0 Å². The van der Waals surface area contributed by atoms with Gasteiger partial charge in [0.25, 0.3) is 0 Å². The molecule has 0 aliphatic heterocycles. The summed E-state index contributed by atoms with van der Waals surface area (Å²) in [5, 5.41) is 0. The zero-order valence-electron chi connectivity index (χ0n) is 41.7. The molecule has 0 saturated heterocycles. The second-order valence-electron chi connectivity index (χ2n) is 18.2. The fourth-order valence-corrected chi connectivity index (χ4v) is 7.91. The minimum Gasteiger partial charge on any atom is -0.343 e. The van der Waals surface area contributed by atoms with E-state index in [-0.39, 0.29) is 0 Å². The van der Waals surface area contributed by atoms with E-state index in [1.54, 1.807) is 0 Å². The third-order valence-corrected chi connectivity index (χ3v) is 12.0. The van der Waals surface area contributed by atoms with Crippen LogP contribution in [-0.4, -0.2) is 48.9 Å². The van der Waals surface area contributed by atoms with Gasteiger partial charge in [-0.1, -0.05) is 203 Å². The molecule has 0 aromatic rings. The average molecular weight is 847 g/mol. The van der Waals surface area contributed by atoms with Gasteiger partial charge < -0.3 is 9.80 Å². The summed E-state index contributed by atoms with van der Waals surface area (Å²) in [6.45, 7) is 11.0. The summed E-state index contributed by atoms with van der Waals surface area (Å²) in [7, 11) is 2.28. The maximum Gasteiger partial charge on any atom is 0.222 e. The van der Waals surface area contributed by atoms with E-state index in [1.807, 2.05) is 0 Å². The molecule has 0 atom stereocenters. The number of allylic oxidation sites excluding steroid dienone is 12. The first-order chi connectivity index (χ1) is 30.2. The zero-order valence-corrected chi connectivity index (χ0v) is 41.7. The highest BCUT2D eigenvalue weighted by molar-refractivity contribution is 5.76. The predicted molar refractivity (Wildman–Crippen MR) is 277 cm³/mol. The minimum atomic E-state index is 0.404. The molecule has 0 rings (SSSR count). The first-order valence-corrected chi connectivity index (χ1v) is 27.0. The topological polar surface area (TPSA) is 23.6 Å². The molecule has 354 valence electrons. The van der Waals surface area contributed by atoms with Crippen LogP contribution in [0.3, 0.4) is 0 Å². The first kappa shape index (κ1) is 58.9. The molecule has 0 aromatic carbocycles. The number of hydrogen-bond donors (Lipinski definition) is 0. The van der Waals surface area contributed by atoms with Gasteiger partial charge in [-0.3, -0.25) is 4.79 Å². The van der Waals surface area contributed by atoms with Crippen LogP contribution in [0.5, 0.6) is 0 Å². The highest BCUT2D eigenvalue weighted by Crippen LogP contribution is 2.14. The van der Waals surface area contributed by atoms with E-state index in [0.717, 1.165) is 64.6 Å². The smallest absolute Gasteiger partial charge is 0.222 e. The average Bonchev–Trinajstić information content (AvgIpc) is 3.26. The van der Waals surface area contributed by atoms with Gasteiger partial charge in [0.05, 0.1) is 0 Å². The molecule has 3 nitrogen and oxygen atoms in total. The molecule has 0 aliphatic carbocycles. The fourth-order valence-electron chi connectivity index (χ4n) is 7.91. The highest BCUT2D eigenvalue weighted by Gasteiger charge is 2.13. The van der Waals surface area contributed by atoms with Crippen LogP contribution >= 0.6 is 0 Å². The third-order valence-electron chi connectivity index (χ3n) is 12.0. The van der Waals surface area contributed by atoms with E-state index >= 15 is 0 Å². The Morgan fingerprint density at radius 1 is 0.311 bits per heavy atom. The van der Waals surface area contributed by atoms with E-state index in [0.29, 0.717) is 5.91 Å². The van der Waals surface area contributed by atoms with Crippen molar-refractivity contribution in [3.8, 4) is 0 Å². The van der Waals surface area contributed by atoms with Crippen molar-refractivity contribution in [2.75, 3.05) is 33.2 Å². The second-order valence-corrected chi connectivity index (χ2v) is 18.2. The van der Waals surface area contributed by atoms with Gasteiger partial charge >= 0.3 is 0 Å². The molecule has 0 saturated carbocycles. The zero-order chi connectivity index (χ0) is 44.2. The number of nitrogens with zero attached hydrogens (tertiary/aromatic N) is 2. The molecule has 0 unspecified atom stereocenters. The molecular weight excluding hydrogens is 741 g/mol. The summed E-state index contributed by atoms with van der Waals surface area (Å²) in [6.07, 6.45) is 74.3. The van der Waals surface area contributed by atoms with E-state index < -0.39 is 0 Å². The Balaban J connectivity index is 4.33. The molecule has 0 radical (unpaired) electrons. The Kier molecular flexibility index (Phi) is 50.4. The number of carbonyl (C=O) groups is 1. The maximum atomic E-state index is 13.5. The Bertz CT molecular complexity index is 1050. The van der Waals surface area contributed by atoms with E-state index in [4.69, 9.17) is 0 Å². The summed E-state index contributed by atoms with van der Waals surface area (Å²) < 4.78 is 0. The lowest BCUT2D eigenvalue weighted by Crippen LogP contribution is -2.34. The van der Waals surface area contributed by atoms with Crippen LogP contribution in [0, 0.1) is 0 Å². The second kappa shape index (κ2) is 52.2. The van der Waals surface area contributed by atoms with Gasteiger partial charge in [-0.15, -0.1) is 0 Å². The van der Waals surface area contributed by atoms with E-state index in [9.17, 15) is 4.79 Å². The number of amides is 1. The van der Waals surface area contributed by atoms with Crippen molar-refractivity contribution in [1.29, 1.82) is 0 Å². The van der Waals surface area contributed by atoms with Crippen LogP contribution in [0.4, 0.5) is 0 Å². The van der Waals surface area contributed by atoms with Gasteiger partial charge in [0.2, 0.25) is 5.91 Å². The molecule has 0 heterocycles. The third kappa shape index (κ3) is 48.8. The van der Waals surface area contributed by atoms with Crippen molar-refractivity contribution in [3.63, 3.8) is 0 Å². The summed E-state index contributed by atoms with van der Waals surface area (Å²) in [5.41, 5.74) is 0. The molecule has 0 bridgehead atoms. The lowest BCUT2D eigenvalue weighted by Gasteiger charge is -2.25. The van der Waals surface area contributed by atoms with E-state index in [1.165, 1.54) is 199 Å². The summed E-state index contributed by atoms with van der Waals surface area (Å²) >= 11 is 0. The number of carbonyl (C=O) groups excluding carboxylic acids is 1. The maximum absolute atomic E-state index is 13.5. The minimum absolute atomic E-state index is 0.404. The molecule has 0 N–H and O–H groups in total. The number of rotatable bonds is 48. The van der Waals surface area contributed by atoms with Crippen LogP contribution in [0.1, 0.15) is 258 Å². The predicted octanol–water partition coefficient (Wildman–Crippen LogP) is 18.6. The molecular formula is C58H106N2O. The van der Waals surface area contributed by atoms with Crippen molar-refractivity contribution in [2.24, 2.45) is 0 Å². The van der Waals surface area contributed by atoms with E-state index in [2.05, 4.69) is 111 Å². The normalized spacial score (nSPS) is 12.5. The van der Waals surface area contributed by atoms with Crippen molar-refractivity contribution in [3.05, 3.63) is 72.9 Å². The molecule has 0 spiro atoms. The van der Waals surface area contributed by atoms with Crippen molar-refractivity contribution in [1.82, 2.24) is 9.80 Å². The molecule has 0 aliphatic rings. The van der Waals surface area contributed by atoms with Gasteiger partial charge in [-0.2, -0.15) is 0 Å². The van der Waals surface area contributed by atoms with Crippen LogP contribution in [0.15, 0.2) is 72.9 Å². The van der Waals surface area contributed by atoms with Crippen molar-refractivity contribution in [2.45, 2.75) is 258 Å². The number of unbranched alkanes of at least 4 members (excludes halogenated alkanes) is 26. The lowest BCUT2D eigenvalue weighted by molar-refractivity contribution is -0.131. The number of hydrogen-bond acceptors (Lipinski definition) is 2. The van der Waals surface area contributed by atoms with Gasteiger partial charge in [0, 0.05) is 19.5 Å². The Hall–Kier alpha value is -2.13. The molecule has 1 amide bonds. The molecule has 0 fully saturated rings. The van der Waals surface area contributed by atoms with Gasteiger partial charge in [-0.05, 0) is 142 Å². The van der Waals surface area contributed by atoms with Crippen LogP contribution < -0.4 is 0 Å². The van der Waals surface area contributed by atoms with Gasteiger partial charge in [0.1, 0.15) is 0 Å². The van der Waals surface area contributed by atoms with Crippen molar-refractivity contribution >= 4 is 5.91 Å². The Morgan fingerprint density at radius 3 is 0.967 bits per heavy atom. The first-order valence-electron chi connectivity index (χ1n) is 27.0. The Morgan fingerprint density at radius 2 is 0.590 bits per heavy atom. The lowest BCUT2D eigenvalue weighted by atomic mass is 10.1. The summed E-state index contributed by atoms with van der Waals surface area (Å²) in [5.74, 6) is 0.404. The highest BCUT2D eigenvalue weighted by atomic mass is 16.2. The standard InChI is InChI=1S/C58H106N2O/c1-5-8-11-14-17-20-23-26-29-32-35-38-41-44-47-50-54-59(4)55-52-57-60(56-51-48-45-42-39-36-33-30-27-24-21-18-15-12-9-6-2)58(61)53-49-46-43-40-37-34-31-28-25-22-19-16-13-10-7-3/h17-22,26-31H,5-16,23-25,32-57H2,1-4H3/b20-17-,21-18-,22-19-,29-26-,30-27-,31-28-. The van der Waals surface area contributed by atoms with Crippen LogP contribution in [0.25, 0.3) is 0 Å². The summed E-state index contributed by atoms with van der Waals surface area (Å²) in [4.78, 5) is 18.2. The molecule has 0 aromatic heterocycles. The monoisotopic (exact) mass is 847 g/mol. The Labute approximate surface area is 383 Å². The van der Waals surface area contributed by atoms with Gasteiger partial charge in [0.15, 0.2) is 0 Å². The fraction of sp³-hybridized carbons (Fsp3) is 0.776. The van der Waals surface area contributed by atoms with Crippen LogP contribution in [-0.2, 0) is 4.79 Å². The SMILES string of the molecule is CCCCC/C=C\C/C=C\CCCCCCCCN(C)CCCN(CCCCCCCC/C=C\C/C=C\CCCCC)C(=O)CCCCCCC/C=C\C/C=C\CCCCC. The molecule has 61 heavy (non-hydrogen) atoms. The molecule has 3 heteroatoms. The quantitative estimate of drug-likeness (QED) is 0.0450. The summed E-state index contributed by atoms with van der Waals surface area (Å²) in [6, 6.07) is 0. The largest absolute Gasteiger partial charge is 0.343 e.